The number of anilines is 2. The van der Waals surface area contributed by atoms with E-state index >= 15 is 0 Å². The van der Waals surface area contributed by atoms with Crippen LogP contribution in [0.25, 0.3) is 11.3 Å². The SMILES string of the molecule is CCOc1ncccc1-c1ccc(N2C[C@H]3CN(c4ccc(Cl)cc4C(F)(F)F)C(=O)N3C[C@H]2CC)c(C(=O)N[C@@H]2CCNC2=O)n1. The predicted octanol–water partition coefficient (Wildman–Crippen LogP) is 4.74. The van der Waals surface area contributed by atoms with Crippen molar-refractivity contribution in [3.05, 3.63) is 64.9 Å². The minimum atomic E-state index is -4.72. The second kappa shape index (κ2) is 12.9. The molecule has 0 bridgehead atoms. The molecule has 0 spiro atoms. The average Bonchev–Trinajstić information content (AvgIpc) is 3.61. The smallest absolute Gasteiger partial charge is 0.418 e. The molecule has 3 saturated heterocycles. The first-order chi connectivity index (χ1) is 22.5. The van der Waals surface area contributed by atoms with E-state index in [0.29, 0.717) is 48.8 Å². The molecule has 3 aromatic rings. The van der Waals surface area contributed by atoms with E-state index in [2.05, 4.69) is 15.6 Å². The van der Waals surface area contributed by atoms with E-state index in [1.54, 1.807) is 35.4 Å². The van der Waals surface area contributed by atoms with Crippen LogP contribution in [0.15, 0.2) is 48.7 Å². The number of urea groups is 1. The number of pyridine rings is 2. The number of piperazine rings is 1. The molecule has 0 radical (unpaired) electrons. The quantitative estimate of drug-likeness (QED) is 0.355. The molecule has 1 aromatic carbocycles. The number of benzene rings is 1. The molecule has 6 rings (SSSR count). The number of carbonyl (C=O) groups is 3. The molecule has 248 valence electrons. The van der Waals surface area contributed by atoms with Gasteiger partial charge in [0, 0.05) is 43.4 Å². The highest BCUT2D eigenvalue weighted by atomic mass is 35.5. The molecule has 5 heterocycles. The summed E-state index contributed by atoms with van der Waals surface area (Å²) in [5, 5.41) is 5.43. The average molecular weight is 672 g/mol. The molecular formula is C32H33ClF3N7O4. The lowest BCUT2D eigenvalue weighted by Gasteiger charge is -2.44. The van der Waals surface area contributed by atoms with Gasteiger partial charge in [0.25, 0.3) is 5.91 Å². The Morgan fingerprint density at radius 3 is 2.57 bits per heavy atom. The van der Waals surface area contributed by atoms with Gasteiger partial charge in [-0.05, 0) is 62.2 Å². The fraction of sp³-hybridized carbons (Fsp3) is 0.406. The van der Waals surface area contributed by atoms with Crippen LogP contribution < -0.4 is 25.2 Å². The Morgan fingerprint density at radius 1 is 1.09 bits per heavy atom. The number of alkyl halides is 3. The molecule has 3 fully saturated rings. The van der Waals surface area contributed by atoms with Crippen LogP contribution >= 0.6 is 11.6 Å². The summed E-state index contributed by atoms with van der Waals surface area (Å²) in [4.78, 5) is 53.6. The second-order valence-corrected chi connectivity index (χ2v) is 12.0. The Hall–Kier alpha value is -4.59. The normalized spacial score (nSPS) is 21.1. The molecule has 4 amide bonds. The summed E-state index contributed by atoms with van der Waals surface area (Å²) in [5.74, 6) is -0.489. The predicted molar refractivity (Wildman–Crippen MR) is 169 cm³/mol. The van der Waals surface area contributed by atoms with E-state index in [0.717, 1.165) is 11.0 Å². The monoisotopic (exact) mass is 671 g/mol. The minimum Gasteiger partial charge on any atom is -0.477 e. The van der Waals surface area contributed by atoms with Gasteiger partial charge >= 0.3 is 12.2 Å². The molecule has 47 heavy (non-hydrogen) atoms. The number of hydrogen-bond donors (Lipinski definition) is 2. The lowest BCUT2D eigenvalue weighted by Crippen LogP contribution is -2.58. The van der Waals surface area contributed by atoms with Crippen molar-refractivity contribution in [3.8, 4) is 17.1 Å². The summed E-state index contributed by atoms with van der Waals surface area (Å²) in [7, 11) is 0. The molecule has 15 heteroatoms. The third-order valence-electron chi connectivity index (χ3n) is 8.67. The number of halogens is 4. The number of carbonyl (C=O) groups excluding carboxylic acids is 3. The van der Waals surface area contributed by atoms with Gasteiger partial charge in [-0.15, -0.1) is 0 Å². The second-order valence-electron chi connectivity index (χ2n) is 11.5. The molecule has 3 aliphatic rings. The molecule has 2 aromatic heterocycles. The van der Waals surface area contributed by atoms with Crippen molar-refractivity contribution in [2.75, 3.05) is 42.6 Å². The third-order valence-corrected chi connectivity index (χ3v) is 8.91. The van der Waals surface area contributed by atoms with Gasteiger partial charge in [-0.2, -0.15) is 13.2 Å². The lowest BCUT2D eigenvalue weighted by atomic mass is 10.0. The number of hydrogen-bond acceptors (Lipinski definition) is 7. The lowest BCUT2D eigenvalue weighted by molar-refractivity contribution is -0.137. The Kier molecular flexibility index (Phi) is 8.88. The standard InChI is InChI=1S/C32H33ClF3N7O4/c1-3-19-15-42-20(17-43(31(42)46)25-9-7-18(33)14-22(25)32(34,35)36)16-41(19)26-10-8-23(21-6-5-12-38-30(21)47-4-2)39-27(26)29(45)40-24-11-13-37-28(24)44/h5-10,12,14,19-20,24H,3-4,11,13,15-17H2,1-2H3,(H,37,44)(H,40,45)/t19-,20+,24-/m1/s1. The molecule has 11 nitrogen and oxygen atoms in total. The van der Waals surface area contributed by atoms with E-state index in [4.69, 9.17) is 21.3 Å². The van der Waals surface area contributed by atoms with Crippen molar-refractivity contribution in [3.63, 3.8) is 0 Å². The van der Waals surface area contributed by atoms with E-state index < -0.39 is 35.8 Å². The van der Waals surface area contributed by atoms with Crippen LogP contribution in [0.4, 0.5) is 29.3 Å². The molecule has 0 aliphatic carbocycles. The van der Waals surface area contributed by atoms with Crippen LogP contribution in [0.5, 0.6) is 5.88 Å². The van der Waals surface area contributed by atoms with E-state index in [1.165, 1.54) is 12.1 Å². The Balaban J connectivity index is 1.37. The number of aromatic nitrogens is 2. The molecule has 3 atom stereocenters. The van der Waals surface area contributed by atoms with Gasteiger partial charge in [-0.1, -0.05) is 18.5 Å². The molecule has 0 saturated carbocycles. The maximum absolute atomic E-state index is 14.0. The van der Waals surface area contributed by atoms with Crippen LogP contribution in [-0.4, -0.2) is 83.6 Å². The first-order valence-electron chi connectivity index (χ1n) is 15.4. The Bertz CT molecular complexity index is 1710. The highest BCUT2D eigenvalue weighted by Gasteiger charge is 2.47. The van der Waals surface area contributed by atoms with Gasteiger partial charge in [-0.3, -0.25) is 14.5 Å². The zero-order valence-electron chi connectivity index (χ0n) is 25.7. The number of ether oxygens (including phenoxy) is 1. The van der Waals surface area contributed by atoms with Crippen molar-refractivity contribution in [2.45, 2.75) is 51.0 Å². The van der Waals surface area contributed by atoms with Gasteiger partial charge in [-0.25, -0.2) is 14.8 Å². The number of fused-ring (bicyclic) bond motifs is 1. The zero-order valence-corrected chi connectivity index (χ0v) is 26.4. The number of nitrogens with zero attached hydrogens (tertiary/aromatic N) is 5. The maximum Gasteiger partial charge on any atom is 0.418 e. The van der Waals surface area contributed by atoms with Crippen molar-refractivity contribution in [1.82, 2.24) is 25.5 Å². The van der Waals surface area contributed by atoms with Gasteiger partial charge < -0.3 is 25.2 Å². The highest BCUT2D eigenvalue weighted by molar-refractivity contribution is 6.30. The summed E-state index contributed by atoms with van der Waals surface area (Å²) < 4.78 is 47.7. The third kappa shape index (κ3) is 6.25. The van der Waals surface area contributed by atoms with Crippen molar-refractivity contribution in [1.29, 1.82) is 0 Å². The summed E-state index contributed by atoms with van der Waals surface area (Å²) in [6.07, 6.45) is -2.13. The van der Waals surface area contributed by atoms with Gasteiger partial charge in [0.15, 0.2) is 5.69 Å². The number of amides is 4. The fourth-order valence-electron chi connectivity index (χ4n) is 6.40. The van der Waals surface area contributed by atoms with Gasteiger partial charge in [0.05, 0.1) is 40.8 Å². The van der Waals surface area contributed by atoms with Crippen molar-refractivity contribution < 1.29 is 32.3 Å². The van der Waals surface area contributed by atoms with Crippen LogP contribution in [-0.2, 0) is 11.0 Å². The molecular weight excluding hydrogens is 639 g/mol. The summed E-state index contributed by atoms with van der Waals surface area (Å²) in [6.45, 7) is 5.02. The fourth-order valence-corrected chi connectivity index (χ4v) is 6.57. The molecule has 0 unspecified atom stereocenters. The van der Waals surface area contributed by atoms with Crippen LogP contribution in [0.2, 0.25) is 5.02 Å². The van der Waals surface area contributed by atoms with Crippen LogP contribution in [0.3, 0.4) is 0 Å². The Morgan fingerprint density at radius 2 is 1.87 bits per heavy atom. The van der Waals surface area contributed by atoms with Crippen molar-refractivity contribution >= 4 is 40.8 Å². The van der Waals surface area contributed by atoms with E-state index in [1.807, 2.05) is 18.7 Å². The first-order valence-corrected chi connectivity index (χ1v) is 15.8. The summed E-state index contributed by atoms with van der Waals surface area (Å²) in [6, 6.07) is 8.39. The first kappa shape index (κ1) is 32.4. The van der Waals surface area contributed by atoms with Crippen molar-refractivity contribution in [2.24, 2.45) is 0 Å². The summed E-state index contributed by atoms with van der Waals surface area (Å²) in [5.41, 5.74) is 0.306. The topological polar surface area (TPSA) is 120 Å². The molecule has 3 aliphatic heterocycles. The van der Waals surface area contributed by atoms with E-state index in [9.17, 15) is 27.6 Å². The number of rotatable bonds is 8. The van der Waals surface area contributed by atoms with Gasteiger partial charge in [0.1, 0.15) is 6.04 Å². The van der Waals surface area contributed by atoms with Gasteiger partial charge in [0.2, 0.25) is 11.8 Å². The highest BCUT2D eigenvalue weighted by Crippen LogP contribution is 2.41. The Labute approximate surface area is 274 Å². The maximum atomic E-state index is 14.0. The molecule has 2 N–H and O–H groups in total. The zero-order chi connectivity index (χ0) is 33.5. The minimum absolute atomic E-state index is 0.000825. The van der Waals surface area contributed by atoms with Crippen LogP contribution in [0.1, 0.15) is 42.7 Å². The van der Waals surface area contributed by atoms with Crippen LogP contribution in [0, 0.1) is 0 Å². The van der Waals surface area contributed by atoms with E-state index in [-0.39, 0.29) is 48.0 Å². The summed E-state index contributed by atoms with van der Waals surface area (Å²) >= 11 is 5.90. The number of nitrogens with one attached hydrogen (secondary N) is 2. The largest absolute Gasteiger partial charge is 0.477 e.